The molecule has 120 valence electrons. The van der Waals surface area contributed by atoms with Gasteiger partial charge in [0.25, 0.3) is 5.91 Å². The second-order valence-corrected chi connectivity index (χ2v) is 5.43. The maximum absolute atomic E-state index is 12.8. The lowest BCUT2D eigenvalue weighted by Gasteiger charge is -2.11. The Labute approximate surface area is 134 Å². The van der Waals surface area contributed by atoms with E-state index >= 15 is 0 Å². The predicted octanol–water partition coefficient (Wildman–Crippen LogP) is 3.53. The highest BCUT2D eigenvalue weighted by Crippen LogP contribution is 2.21. The largest absolute Gasteiger partial charge is 0.457 e. The van der Waals surface area contributed by atoms with Gasteiger partial charge < -0.3 is 14.8 Å². The molecule has 0 radical (unpaired) electrons. The molecule has 1 aliphatic rings. The zero-order chi connectivity index (χ0) is 16.1. The van der Waals surface area contributed by atoms with Gasteiger partial charge >= 0.3 is 0 Å². The highest BCUT2D eigenvalue weighted by molar-refractivity contribution is 5.94. The number of amides is 1. The molecule has 1 atom stereocenters. The van der Waals surface area contributed by atoms with Crippen LogP contribution < -0.4 is 10.1 Å². The maximum atomic E-state index is 12.8. The number of benzene rings is 2. The lowest BCUT2D eigenvalue weighted by Crippen LogP contribution is -2.31. The molecular formula is C18H18FNO3. The first kappa shape index (κ1) is 15.5. The van der Waals surface area contributed by atoms with E-state index in [0.717, 1.165) is 19.4 Å². The molecule has 0 aromatic heterocycles. The summed E-state index contributed by atoms with van der Waals surface area (Å²) in [5.74, 6) is 0.693. The van der Waals surface area contributed by atoms with Crippen LogP contribution in [0.1, 0.15) is 23.2 Å². The fraction of sp³-hybridized carbons (Fsp3) is 0.278. The van der Waals surface area contributed by atoms with Gasteiger partial charge in [-0.25, -0.2) is 4.39 Å². The van der Waals surface area contributed by atoms with E-state index in [-0.39, 0.29) is 17.8 Å². The standard InChI is InChI=1S/C18H18FNO3/c19-14-5-9-16(10-6-14)23-15-7-3-13(4-8-15)18(21)20-12-17-2-1-11-22-17/h3-10,17H,1-2,11-12H2,(H,20,21)/t17-/m0/s1. The Kier molecular flexibility index (Phi) is 4.88. The summed E-state index contributed by atoms with van der Waals surface area (Å²) in [6.45, 7) is 1.31. The zero-order valence-corrected chi connectivity index (χ0v) is 12.6. The molecule has 0 aliphatic carbocycles. The van der Waals surface area contributed by atoms with E-state index in [0.29, 0.717) is 23.6 Å². The number of nitrogens with one attached hydrogen (secondary N) is 1. The van der Waals surface area contributed by atoms with Crippen molar-refractivity contribution < 1.29 is 18.7 Å². The number of carbonyl (C=O) groups is 1. The number of rotatable bonds is 5. The highest BCUT2D eigenvalue weighted by atomic mass is 19.1. The molecule has 23 heavy (non-hydrogen) atoms. The zero-order valence-electron chi connectivity index (χ0n) is 12.6. The third-order valence-corrected chi connectivity index (χ3v) is 3.68. The summed E-state index contributed by atoms with van der Waals surface area (Å²) in [5, 5.41) is 2.87. The van der Waals surface area contributed by atoms with E-state index in [9.17, 15) is 9.18 Å². The van der Waals surface area contributed by atoms with Crippen molar-refractivity contribution in [3.63, 3.8) is 0 Å². The molecule has 0 saturated carbocycles. The van der Waals surface area contributed by atoms with Crippen LogP contribution in [0.5, 0.6) is 11.5 Å². The van der Waals surface area contributed by atoms with Crippen LogP contribution in [0.4, 0.5) is 4.39 Å². The third-order valence-electron chi connectivity index (χ3n) is 3.68. The summed E-state index contributed by atoms with van der Waals surface area (Å²) in [6.07, 6.45) is 2.17. The molecule has 1 heterocycles. The predicted molar refractivity (Wildman–Crippen MR) is 84.2 cm³/mol. The number of hydrogen-bond donors (Lipinski definition) is 1. The Morgan fingerprint density at radius 1 is 1.13 bits per heavy atom. The maximum Gasteiger partial charge on any atom is 0.251 e. The van der Waals surface area contributed by atoms with Crippen molar-refractivity contribution in [2.45, 2.75) is 18.9 Å². The van der Waals surface area contributed by atoms with Crippen LogP contribution in [0.2, 0.25) is 0 Å². The van der Waals surface area contributed by atoms with E-state index in [4.69, 9.17) is 9.47 Å². The van der Waals surface area contributed by atoms with Crippen LogP contribution >= 0.6 is 0 Å². The molecule has 3 rings (SSSR count). The van der Waals surface area contributed by atoms with Crippen molar-refractivity contribution in [3.8, 4) is 11.5 Å². The topological polar surface area (TPSA) is 47.6 Å². The average Bonchev–Trinajstić information content (AvgIpc) is 3.09. The Morgan fingerprint density at radius 2 is 1.78 bits per heavy atom. The van der Waals surface area contributed by atoms with Crippen LogP contribution in [0.15, 0.2) is 48.5 Å². The molecule has 2 aromatic carbocycles. The summed E-state index contributed by atoms with van der Waals surface area (Å²) in [4.78, 5) is 12.1. The average molecular weight is 315 g/mol. The lowest BCUT2D eigenvalue weighted by atomic mass is 10.2. The van der Waals surface area contributed by atoms with E-state index in [1.165, 1.54) is 12.1 Å². The molecule has 1 amide bonds. The smallest absolute Gasteiger partial charge is 0.251 e. The van der Waals surface area contributed by atoms with Gasteiger partial charge in [-0.1, -0.05) is 0 Å². The quantitative estimate of drug-likeness (QED) is 0.918. The van der Waals surface area contributed by atoms with Gasteiger partial charge in [-0.15, -0.1) is 0 Å². The molecule has 5 heteroatoms. The molecule has 2 aromatic rings. The molecule has 1 aliphatic heterocycles. The summed E-state index contributed by atoms with van der Waals surface area (Å²) in [7, 11) is 0. The van der Waals surface area contributed by atoms with Crippen molar-refractivity contribution in [2.24, 2.45) is 0 Å². The van der Waals surface area contributed by atoms with Crippen LogP contribution in [-0.4, -0.2) is 25.2 Å². The highest BCUT2D eigenvalue weighted by Gasteiger charge is 2.16. The normalized spacial score (nSPS) is 17.0. The molecule has 1 fully saturated rings. The monoisotopic (exact) mass is 315 g/mol. The fourth-order valence-electron chi connectivity index (χ4n) is 2.43. The van der Waals surface area contributed by atoms with E-state index in [2.05, 4.69) is 5.32 Å². The summed E-state index contributed by atoms with van der Waals surface area (Å²) in [5.41, 5.74) is 0.564. The first-order valence-corrected chi connectivity index (χ1v) is 7.64. The number of halogens is 1. The molecule has 0 spiro atoms. The van der Waals surface area contributed by atoms with Crippen LogP contribution in [0.3, 0.4) is 0 Å². The van der Waals surface area contributed by atoms with E-state index in [1.54, 1.807) is 36.4 Å². The minimum Gasteiger partial charge on any atom is -0.457 e. The number of ether oxygens (including phenoxy) is 2. The number of hydrogen-bond acceptors (Lipinski definition) is 3. The summed E-state index contributed by atoms with van der Waals surface area (Å²) < 4.78 is 23.9. The summed E-state index contributed by atoms with van der Waals surface area (Å²) in [6, 6.07) is 12.6. The van der Waals surface area contributed by atoms with E-state index < -0.39 is 0 Å². The minimum absolute atomic E-state index is 0.125. The van der Waals surface area contributed by atoms with Crippen molar-refractivity contribution in [3.05, 3.63) is 59.9 Å². The van der Waals surface area contributed by atoms with Crippen molar-refractivity contribution in [1.82, 2.24) is 5.32 Å². The second-order valence-electron chi connectivity index (χ2n) is 5.43. The van der Waals surface area contributed by atoms with Gasteiger partial charge in [-0.3, -0.25) is 4.79 Å². The van der Waals surface area contributed by atoms with Gasteiger partial charge in [0.1, 0.15) is 17.3 Å². The lowest BCUT2D eigenvalue weighted by molar-refractivity contribution is 0.0858. The Bertz CT molecular complexity index is 649. The molecule has 0 unspecified atom stereocenters. The van der Waals surface area contributed by atoms with Crippen molar-refractivity contribution in [2.75, 3.05) is 13.2 Å². The van der Waals surface area contributed by atoms with Gasteiger partial charge in [-0.05, 0) is 61.4 Å². The van der Waals surface area contributed by atoms with Gasteiger partial charge in [-0.2, -0.15) is 0 Å². The molecule has 1 saturated heterocycles. The third kappa shape index (κ3) is 4.29. The first-order chi connectivity index (χ1) is 11.2. The Hall–Kier alpha value is -2.40. The molecule has 0 bridgehead atoms. The number of carbonyl (C=O) groups excluding carboxylic acids is 1. The van der Waals surface area contributed by atoms with Crippen LogP contribution in [-0.2, 0) is 4.74 Å². The SMILES string of the molecule is O=C(NC[C@@H]1CCCO1)c1ccc(Oc2ccc(F)cc2)cc1. The second kappa shape index (κ2) is 7.24. The van der Waals surface area contributed by atoms with Gasteiger partial charge in [0, 0.05) is 18.7 Å². The minimum atomic E-state index is -0.310. The Morgan fingerprint density at radius 3 is 2.39 bits per heavy atom. The van der Waals surface area contributed by atoms with Crippen LogP contribution in [0, 0.1) is 5.82 Å². The van der Waals surface area contributed by atoms with Gasteiger partial charge in [0.2, 0.25) is 0 Å². The molecule has 1 N–H and O–H groups in total. The fourth-order valence-corrected chi connectivity index (χ4v) is 2.43. The van der Waals surface area contributed by atoms with Crippen molar-refractivity contribution >= 4 is 5.91 Å². The molecular weight excluding hydrogens is 297 g/mol. The van der Waals surface area contributed by atoms with Gasteiger partial charge in [0.05, 0.1) is 6.10 Å². The van der Waals surface area contributed by atoms with Gasteiger partial charge in [0.15, 0.2) is 0 Å². The molecule has 4 nitrogen and oxygen atoms in total. The summed E-state index contributed by atoms with van der Waals surface area (Å²) >= 11 is 0. The first-order valence-electron chi connectivity index (χ1n) is 7.64. The van der Waals surface area contributed by atoms with Crippen molar-refractivity contribution in [1.29, 1.82) is 0 Å². The Balaban J connectivity index is 1.55. The van der Waals surface area contributed by atoms with Crippen LogP contribution in [0.25, 0.3) is 0 Å². The van der Waals surface area contributed by atoms with E-state index in [1.807, 2.05) is 0 Å².